The van der Waals surface area contributed by atoms with Crippen LogP contribution in [0, 0.1) is 0 Å². The van der Waals surface area contributed by atoms with Crippen LogP contribution in [0.2, 0.25) is 5.02 Å². The molecule has 0 aliphatic heterocycles. The van der Waals surface area contributed by atoms with E-state index in [9.17, 15) is 4.79 Å². The SMILES string of the molecule is O=C(Cc1cccc(Br)c1)c1ccc(Cl)cc1Br. The molecule has 0 saturated carbocycles. The van der Waals surface area contributed by atoms with Crippen molar-refractivity contribution >= 4 is 49.2 Å². The van der Waals surface area contributed by atoms with E-state index >= 15 is 0 Å². The molecule has 0 amide bonds. The fourth-order valence-electron chi connectivity index (χ4n) is 1.64. The number of halogens is 3. The lowest BCUT2D eigenvalue weighted by Crippen LogP contribution is -2.04. The van der Waals surface area contributed by atoms with Crippen LogP contribution in [0.3, 0.4) is 0 Å². The Bertz CT molecular complexity index is 596. The summed E-state index contributed by atoms with van der Waals surface area (Å²) in [5.41, 5.74) is 1.63. The number of Topliss-reactive ketones (excluding diaryl/α,β-unsaturated/α-hetero) is 1. The first-order chi connectivity index (χ1) is 8.56. The minimum Gasteiger partial charge on any atom is -0.294 e. The number of carbonyl (C=O) groups is 1. The quantitative estimate of drug-likeness (QED) is 0.653. The third-order valence-corrected chi connectivity index (χ3v) is 3.87. The van der Waals surface area contributed by atoms with Crippen molar-refractivity contribution in [1.82, 2.24) is 0 Å². The van der Waals surface area contributed by atoms with E-state index in [0.717, 1.165) is 14.5 Å². The molecule has 0 spiro atoms. The molecule has 2 aromatic rings. The number of ketones is 1. The van der Waals surface area contributed by atoms with Gasteiger partial charge >= 0.3 is 0 Å². The normalized spacial score (nSPS) is 10.4. The average Bonchev–Trinajstić information content (AvgIpc) is 2.28. The first-order valence-electron chi connectivity index (χ1n) is 5.29. The number of hydrogen-bond donors (Lipinski definition) is 0. The molecule has 0 aromatic heterocycles. The lowest BCUT2D eigenvalue weighted by Gasteiger charge is -2.05. The third kappa shape index (κ3) is 3.44. The number of hydrogen-bond acceptors (Lipinski definition) is 1. The molecular formula is C14H9Br2ClO. The summed E-state index contributed by atoms with van der Waals surface area (Å²) in [4.78, 5) is 12.2. The second-order valence-electron chi connectivity index (χ2n) is 3.85. The van der Waals surface area contributed by atoms with Crippen molar-refractivity contribution in [3.05, 3.63) is 67.6 Å². The molecule has 92 valence electrons. The van der Waals surface area contributed by atoms with Gasteiger partial charge in [0.05, 0.1) is 0 Å². The molecule has 0 bridgehead atoms. The Balaban J connectivity index is 2.22. The van der Waals surface area contributed by atoms with E-state index in [0.29, 0.717) is 17.0 Å². The Hall–Kier alpha value is -0.640. The number of rotatable bonds is 3. The Morgan fingerprint density at radius 3 is 2.56 bits per heavy atom. The van der Waals surface area contributed by atoms with Crippen LogP contribution < -0.4 is 0 Å². The number of carbonyl (C=O) groups excluding carboxylic acids is 1. The lowest BCUT2D eigenvalue weighted by molar-refractivity contribution is 0.0992. The van der Waals surface area contributed by atoms with Crippen molar-refractivity contribution < 1.29 is 4.79 Å². The minimum absolute atomic E-state index is 0.0663. The molecule has 0 radical (unpaired) electrons. The molecule has 0 fully saturated rings. The summed E-state index contributed by atoms with van der Waals surface area (Å²) in [6, 6.07) is 12.9. The van der Waals surface area contributed by atoms with Gasteiger partial charge in [-0.2, -0.15) is 0 Å². The maximum Gasteiger partial charge on any atom is 0.168 e. The molecule has 4 heteroatoms. The van der Waals surface area contributed by atoms with E-state index in [2.05, 4.69) is 31.9 Å². The molecule has 0 heterocycles. The van der Waals surface area contributed by atoms with Crippen molar-refractivity contribution in [3.63, 3.8) is 0 Å². The molecule has 0 unspecified atom stereocenters. The summed E-state index contributed by atoms with van der Waals surface area (Å²) in [6.07, 6.45) is 0.375. The smallest absolute Gasteiger partial charge is 0.168 e. The van der Waals surface area contributed by atoms with Gasteiger partial charge in [0.15, 0.2) is 5.78 Å². The maximum atomic E-state index is 12.2. The number of benzene rings is 2. The van der Waals surface area contributed by atoms with E-state index in [-0.39, 0.29) is 5.78 Å². The van der Waals surface area contributed by atoms with Crippen LogP contribution in [0.5, 0.6) is 0 Å². The van der Waals surface area contributed by atoms with Crippen LogP contribution in [0.25, 0.3) is 0 Å². The fourth-order valence-corrected chi connectivity index (χ4v) is 2.99. The Kier molecular flexibility index (Phi) is 4.60. The third-order valence-electron chi connectivity index (χ3n) is 2.49. The molecule has 0 aliphatic carbocycles. The van der Waals surface area contributed by atoms with Gasteiger partial charge in [-0.05, 0) is 51.8 Å². The van der Waals surface area contributed by atoms with Crippen LogP contribution in [0.4, 0.5) is 0 Å². The van der Waals surface area contributed by atoms with Crippen molar-refractivity contribution in [3.8, 4) is 0 Å². The van der Waals surface area contributed by atoms with Crippen molar-refractivity contribution in [2.75, 3.05) is 0 Å². The Labute approximate surface area is 127 Å². The molecule has 0 N–H and O–H groups in total. The van der Waals surface area contributed by atoms with Gasteiger partial charge in [-0.15, -0.1) is 0 Å². The highest BCUT2D eigenvalue weighted by molar-refractivity contribution is 9.10. The van der Waals surface area contributed by atoms with Gasteiger partial charge in [0.2, 0.25) is 0 Å². The van der Waals surface area contributed by atoms with Crippen LogP contribution >= 0.6 is 43.5 Å². The fraction of sp³-hybridized carbons (Fsp3) is 0.0714. The van der Waals surface area contributed by atoms with Crippen LogP contribution in [-0.2, 0) is 6.42 Å². The zero-order valence-corrected chi connectivity index (χ0v) is 13.2. The molecule has 2 rings (SSSR count). The molecule has 0 atom stereocenters. The second-order valence-corrected chi connectivity index (χ2v) is 6.06. The molecule has 2 aromatic carbocycles. The van der Waals surface area contributed by atoms with Gasteiger partial charge in [0, 0.05) is 26.0 Å². The van der Waals surface area contributed by atoms with Crippen LogP contribution in [0.1, 0.15) is 15.9 Å². The Morgan fingerprint density at radius 1 is 1.11 bits per heavy atom. The van der Waals surface area contributed by atoms with Gasteiger partial charge in [-0.1, -0.05) is 39.7 Å². The molecule has 1 nitrogen and oxygen atoms in total. The lowest BCUT2D eigenvalue weighted by atomic mass is 10.0. The predicted octanol–water partition coefficient (Wildman–Crippen LogP) is 5.29. The van der Waals surface area contributed by atoms with Gasteiger partial charge in [-0.25, -0.2) is 0 Å². The summed E-state index contributed by atoms with van der Waals surface area (Å²) in [5.74, 6) is 0.0663. The Morgan fingerprint density at radius 2 is 1.89 bits per heavy atom. The van der Waals surface area contributed by atoms with Gasteiger partial charge < -0.3 is 0 Å². The predicted molar refractivity (Wildman–Crippen MR) is 81.3 cm³/mol. The summed E-state index contributed by atoms with van der Waals surface area (Å²) in [5, 5.41) is 0.612. The van der Waals surface area contributed by atoms with E-state index in [1.165, 1.54) is 0 Å². The highest BCUT2D eigenvalue weighted by atomic mass is 79.9. The summed E-state index contributed by atoms with van der Waals surface area (Å²) in [7, 11) is 0. The highest BCUT2D eigenvalue weighted by Crippen LogP contribution is 2.23. The average molecular weight is 388 g/mol. The first kappa shape index (κ1) is 13.8. The van der Waals surface area contributed by atoms with Crippen molar-refractivity contribution in [2.24, 2.45) is 0 Å². The minimum atomic E-state index is 0.0663. The summed E-state index contributed by atoms with van der Waals surface area (Å²) in [6.45, 7) is 0. The van der Waals surface area contributed by atoms with E-state index < -0.39 is 0 Å². The molecule has 18 heavy (non-hydrogen) atoms. The zero-order chi connectivity index (χ0) is 13.1. The standard InChI is InChI=1S/C14H9Br2ClO/c15-10-3-1-2-9(6-10)7-14(18)12-5-4-11(17)8-13(12)16/h1-6,8H,7H2. The zero-order valence-electron chi connectivity index (χ0n) is 9.29. The first-order valence-corrected chi connectivity index (χ1v) is 7.25. The topological polar surface area (TPSA) is 17.1 Å². The van der Waals surface area contributed by atoms with Crippen molar-refractivity contribution in [1.29, 1.82) is 0 Å². The van der Waals surface area contributed by atoms with Gasteiger partial charge in [0.1, 0.15) is 0 Å². The van der Waals surface area contributed by atoms with Gasteiger partial charge in [-0.3, -0.25) is 4.79 Å². The summed E-state index contributed by atoms with van der Waals surface area (Å²) >= 11 is 12.6. The van der Waals surface area contributed by atoms with Crippen molar-refractivity contribution in [2.45, 2.75) is 6.42 Å². The van der Waals surface area contributed by atoms with Crippen LogP contribution in [0.15, 0.2) is 51.4 Å². The van der Waals surface area contributed by atoms with E-state index in [1.807, 2.05) is 24.3 Å². The van der Waals surface area contributed by atoms with Crippen LogP contribution in [-0.4, -0.2) is 5.78 Å². The molecular weight excluding hydrogens is 379 g/mol. The van der Waals surface area contributed by atoms with E-state index in [1.54, 1.807) is 18.2 Å². The highest BCUT2D eigenvalue weighted by Gasteiger charge is 2.11. The summed E-state index contributed by atoms with van der Waals surface area (Å²) < 4.78 is 1.71. The molecule has 0 saturated heterocycles. The second kappa shape index (κ2) is 6.00. The maximum absolute atomic E-state index is 12.2. The van der Waals surface area contributed by atoms with E-state index in [4.69, 9.17) is 11.6 Å². The molecule has 0 aliphatic rings. The largest absolute Gasteiger partial charge is 0.294 e. The van der Waals surface area contributed by atoms with Gasteiger partial charge in [0.25, 0.3) is 0 Å². The monoisotopic (exact) mass is 386 g/mol.